The number of nitrogens with two attached hydrogens (primary N) is 1. The van der Waals surface area contributed by atoms with Gasteiger partial charge in [0.25, 0.3) is 0 Å². The van der Waals surface area contributed by atoms with Gasteiger partial charge in [0.15, 0.2) is 17.3 Å². The molecule has 0 bridgehead atoms. The first kappa shape index (κ1) is 23.4. The van der Waals surface area contributed by atoms with Crippen LogP contribution in [0.2, 0.25) is 0 Å². The minimum absolute atomic E-state index is 0.308. The summed E-state index contributed by atoms with van der Waals surface area (Å²) in [5, 5.41) is 9.42. The summed E-state index contributed by atoms with van der Waals surface area (Å²) >= 11 is 0. The van der Waals surface area contributed by atoms with Crippen molar-refractivity contribution >= 4 is 5.69 Å². The summed E-state index contributed by atoms with van der Waals surface area (Å²) in [4.78, 5) is 3.68. The third-order valence-corrected chi connectivity index (χ3v) is 6.22. The molecule has 0 amide bonds. The molecule has 3 aromatic carbocycles. The van der Waals surface area contributed by atoms with Gasteiger partial charge in [0.2, 0.25) is 0 Å². The third kappa shape index (κ3) is 4.25. The molecular weight excluding hydrogens is 418 g/mol. The SMILES string of the molecule is [C-]#[N+]c1cc(CN)cc(-c2nnc(-c3ccccc3C)n2-c2c(C(C)C)cccc2C(C)C)c1. The number of hydrogen-bond donors (Lipinski definition) is 1. The van der Waals surface area contributed by atoms with Crippen LogP contribution in [0.1, 0.15) is 61.8 Å². The lowest BCUT2D eigenvalue weighted by Crippen LogP contribution is -2.10. The Labute approximate surface area is 202 Å². The Hall–Kier alpha value is -3.75. The summed E-state index contributed by atoms with van der Waals surface area (Å²) in [7, 11) is 0. The number of para-hydroxylation sites is 1. The van der Waals surface area contributed by atoms with Crippen molar-refractivity contribution < 1.29 is 0 Å². The molecule has 1 aromatic heterocycles. The van der Waals surface area contributed by atoms with Gasteiger partial charge in [-0.3, -0.25) is 4.57 Å². The van der Waals surface area contributed by atoms with E-state index < -0.39 is 0 Å². The van der Waals surface area contributed by atoms with Crippen LogP contribution in [0, 0.1) is 13.5 Å². The maximum absolute atomic E-state index is 7.58. The van der Waals surface area contributed by atoms with Crippen LogP contribution in [0.25, 0.3) is 33.3 Å². The highest BCUT2D eigenvalue weighted by atomic mass is 15.3. The van der Waals surface area contributed by atoms with Gasteiger partial charge in [-0.2, -0.15) is 0 Å². The molecule has 0 aliphatic rings. The van der Waals surface area contributed by atoms with Gasteiger partial charge in [-0.15, -0.1) is 10.2 Å². The predicted octanol–water partition coefficient (Wildman–Crippen LogP) is 7.17. The second-order valence-electron chi connectivity index (χ2n) is 9.30. The van der Waals surface area contributed by atoms with Crippen molar-refractivity contribution in [2.75, 3.05) is 0 Å². The first-order chi connectivity index (χ1) is 16.3. The van der Waals surface area contributed by atoms with Gasteiger partial charge in [-0.1, -0.05) is 76.2 Å². The maximum Gasteiger partial charge on any atom is 0.188 e. The molecule has 0 fully saturated rings. The monoisotopic (exact) mass is 449 g/mol. The first-order valence-corrected chi connectivity index (χ1v) is 11.7. The van der Waals surface area contributed by atoms with Gasteiger partial charge in [0.05, 0.1) is 12.3 Å². The number of aromatic nitrogens is 3. The fraction of sp³-hybridized carbons (Fsp3) is 0.276. The van der Waals surface area contributed by atoms with E-state index in [0.29, 0.717) is 29.9 Å². The highest BCUT2D eigenvalue weighted by Crippen LogP contribution is 2.38. The van der Waals surface area contributed by atoms with E-state index >= 15 is 0 Å². The molecule has 5 heteroatoms. The van der Waals surface area contributed by atoms with E-state index in [9.17, 15) is 0 Å². The molecule has 0 aliphatic heterocycles. The molecule has 2 N–H and O–H groups in total. The highest BCUT2D eigenvalue weighted by Gasteiger charge is 2.24. The van der Waals surface area contributed by atoms with E-state index in [4.69, 9.17) is 22.5 Å². The maximum atomic E-state index is 7.58. The zero-order valence-electron chi connectivity index (χ0n) is 20.5. The Kier molecular flexibility index (Phi) is 6.63. The van der Waals surface area contributed by atoms with E-state index in [-0.39, 0.29) is 0 Å². The molecule has 4 rings (SSSR count). The van der Waals surface area contributed by atoms with Crippen molar-refractivity contribution in [3.8, 4) is 28.5 Å². The number of nitrogens with zero attached hydrogens (tertiary/aromatic N) is 4. The average Bonchev–Trinajstić information content (AvgIpc) is 3.27. The smallest absolute Gasteiger partial charge is 0.188 e. The van der Waals surface area contributed by atoms with Crippen molar-refractivity contribution in [2.45, 2.75) is 53.0 Å². The summed E-state index contributed by atoms with van der Waals surface area (Å²) < 4.78 is 2.19. The van der Waals surface area contributed by atoms with Gasteiger partial charge >= 0.3 is 0 Å². The lowest BCUT2D eigenvalue weighted by atomic mass is 9.92. The van der Waals surface area contributed by atoms with Gasteiger partial charge in [-0.05, 0) is 53.1 Å². The van der Waals surface area contributed by atoms with E-state index in [0.717, 1.165) is 33.8 Å². The normalized spacial score (nSPS) is 11.3. The van der Waals surface area contributed by atoms with Crippen LogP contribution >= 0.6 is 0 Å². The van der Waals surface area contributed by atoms with Crippen LogP contribution < -0.4 is 5.73 Å². The van der Waals surface area contributed by atoms with Crippen LogP contribution in [0.15, 0.2) is 60.7 Å². The number of benzene rings is 3. The molecule has 4 aromatic rings. The summed E-state index contributed by atoms with van der Waals surface area (Å²) in [6.45, 7) is 18.9. The van der Waals surface area contributed by atoms with Crippen LogP contribution in [0.3, 0.4) is 0 Å². The molecule has 1 heterocycles. The topological polar surface area (TPSA) is 61.1 Å². The fourth-order valence-corrected chi connectivity index (χ4v) is 4.44. The summed E-state index contributed by atoms with van der Waals surface area (Å²) in [5.41, 5.74) is 14.0. The molecule has 0 atom stereocenters. The lowest BCUT2D eigenvalue weighted by molar-refractivity contribution is 0.807. The van der Waals surface area contributed by atoms with Crippen molar-refractivity contribution in [1.29, 1.82) is 0 Å². The van der Waals surface area contributed by atoms with Crippen LogP contribution in [-0.2, 0) is 6.54 Å². The van der Waals surface area contributed by atoms with E-state index in [1.807, 2.05) is 30.3 Å². The third-order valence-electron chi connectivity index (χ3n) is 6.22. The van der Waals surface area contributed by atoms with Gasteiger partial charge in [0.1, 0.15) is 0 Å². The second-order valence-corrected chi connectivity index (χ2v) is 9.30. The fourth-order valence-electron chi connectivity index (χ4n) is 4.44. The zero-order valence-corrected chi connectivity index (χ0v) is 20.5. The van der Waals surface area contributed by atoms with Crippen LogP contribution in [-0.4, -0.2) is 14.8 Å². The van der Waals surface area contributed by atoms with Crippen molar-refractivity contribution in [1.82, 2.24) is 14.8 Å². The second kappa shape index (κ2) is 9.62. The molecular formula is C29H31N5. The minimum atomic E-state index is 0.308. The van der Waals surface area contributed by atoms with Crippen molar-refractivity contribution in [2.24, 2.45) is 5.73 Å². The molecule has 0 saturated heterocycles. The Morgan fingerprint density at radius 2 is 1.53 bits per heavy atom. The predicted molar refractivity (Wildman–Crippen MR) is 139 cm³/mol. The quantitative estimate of drug-likeness (QED) is 0.318. The minimum Gasteiger partial charge on any atom is -0.327 e. The lowest BCUT2D eigenvalue weighted by Gasteiger charge is -2.23. The summed E-state index contributed by atoms with van der Waals surface area (Å²) in [5.74, 6) is 2.13. The molecule has 0 aliphatic carbocycles. The zero-order chi connectivity index (χ0) is 24.4. The molecule has 0 saturated carbocycles. The summed E-state index contributed by atoms with van der Waals surface area (Å²) in [6, 6.07) is 20.5. The summed E-state index contributed by atoms with van der Waals surface area (Å²) in [6.07, 6.45) is 0. The van der Waals surface area contributed by atoms with Gasteiger partial charge in [0, 0.05) is 17.7 Å². The Morgan fingerprint density at radius 1 is 0.882 bits per heavy atom. The standard InChI is InChI=1S/C29H31N5/c1-18(2)24-12-9-13-25(19(3)4)27(24)34-28(22-14-21(17-30)15-23(16-22)31-6)32-33-29(34)26-11-8-7-10-20(26)5/h7-16,18-19H,17,30H2,1-5H3. The van der Waals surface area contributed by atoms with E-state index in [1.54, 1.807) is 0 Å². The van der Waals surface area contributed by atoms with Gasteiger partial charge in [-0.25, -0.2) is 4.85 Å². The Morgan fingerprint density at radius 3 is 2.12 bits per heavy atom. The Balaban J connectivity index is 2.14. The molecule has 0 radical (unpaired) electrons. The molecule has 0 unspecified atom stereocenters. The average molecular weight is 450 g/mol. The first-order valence-electron chi connectivity index (χ1n) is 11.7. The molecule has 34 heavy (non-hydrogen) atoms. The van der Waals surface area contributed by atoms with Gasteiger partial charge < -0.3 is 5.73 Å². The Bertz CT molecular complexity index is 1350. The van der Waals surface area contributed by atoms with E-state index in [2.05, 4.69) is 74.4 Å². The molecule has 0 spiro atoms. The van der Waals surface area contributed by atoms with Crippen LogP contribution in [0.4, 0.5) is 5.69 Å². The van der Waals surface area contributed by atoms with Crippen molar-refractivity contribution in [3.63, 3.8) is 0 Å². The largest absolute Gasteiger partial charge is 0.327 e. The molecule has 5 nitrogen and oxygen atoms in total. The number of aryl methyl sites for hydroxylation is 1. The van der Waals surface area contributed by atoms with E-state index in [1.165, 1.54) is 11.1 Å². The van der Waals surface area contributed by atoms with Crippen LogP contribution in [0.5, 0.6) is 0 Å². The van der Waals surface area contributed by atoms with Crippen molar-refractivity contribution in [3.05, 3.63) is 94.3 Å². The number of rotatable bonds is 6. The number of hydrogen-bond acceptors (Lipinski definition) is 3. The molecule has 172 valence electrons. The highest BCUT2D eigenvalue weighted by molar-refractivity contribution is 5.73.